The van der Waals surface area contributed by atoms with E-state index >= 15 is 0 Å². The van der Waals surface area contributed by atoms with Gasteiger partial charge in [0.15, 0.2) is 0 Å². The molecule has 5 rings (SSSR count). The fourth-order valence-electron chi connectivity index (χ4n) is 3.45. The number of aryl methyl sites for hydroxylation is 2. The quantitative estimate of drug-likeness (QED) is 0.408. The second-order valence-corrected chi connectivity index (χ2v) is 7.06. The van der Waals surface area contributed by atoms with Crippen molar-refractivity contribution in [3.63, 3.8) is 0 Å². The third-order valence-corrected chi connectivity index (χ3v) is 5.40. The Morgan fingerprint density at radius 1 is 0.556 bits per heavy atom. The summed E-state index contributed by atoms with van der Waals surface area (Å²) in [5, 5.41) is 0. The Balaban J connectivity index is 2.03. The standard InChI is InChI=1S/C22H16N4S/c1-13-14(2)24-20-18(16-11-7-4-8-12-16)22-21(25-27-26-22)17(19(20)23-13)15-9-5-3-6-10-15/h3-12H,1-2H3. The SMILES string of the molecule is Cc1nc2c(-c3ccccc3)c3nsnc3c(-c3ccccc3)c2nc1C. The van der Waals surface area contributed by atoms with Crippen LogP contribution < -0.4 is 0 Å². The van der Waals surface area contributed by atoms with Crippen molar-refractivity contribution in [1.82, 2.24) is 18.7 Å². The number of hydrogen-bond donors (Lipinski definition) is 0. The summed E-state index contributed by atoms with van der Waals surface area (Å²) in [5.41, 5.74) is 9.56. The molecule has 130 valence electrons. The maximum atomic E-state index is 4.94. The minimum Gasteiger partial charge on any atom is -0.249 e. The summed E-state index contributed by atoms with van der Waals surface area (Å²) in [6.45, 7) is 4.00. The third-order valence-electron chi connectivity index (χ3n) is 4.87. The van der Waals surface area contributed by atoms with Crippen LogP contribution in [0.4, 0.5) is 0 Å². The first-order chi connectivity index (χ1) is 13.2. The Hall–Kier alpha value is -3.18. The van der Waals surface area contributed by atoms with E-state index in [1.165, 1.54) is 11.7 Å². The topological polar surface area (TPSA) is 51.6 Å². The van der Waals surface area contributed by atoms with E-state index in [2.05, 4.69) is 33.0 Å². The van der Waals surface area contributed by atoms with Gasteiger partial charge in [0, 0.05) is 11.1 Å². The van der Waals surface area contributed by atoms with Gasteiger partial charge in [-0.05, 0) is 25.0 Å². The van der Waals surface area contributed by atoms with Gasteiger partial charge in [-0.25, -0.2) is 9.97 Å². The summed E-state index contributed by atoms with van der Waals surface area (Å²) in [7, 11) is 0. The minimum atomic E-state index is 0.878. The Morgan fingerprint density at radius 2 is 0.963 bits per heavy atom. The smallest absolute Gasteiger partial charge is 0.115 e. The lowest BCUT2D eigenvalue weighted by molar-refractivity contribution is 1.10. The maximum absolute atomic E-state index is 4.94. The van der Waals surface area contributed by atoms with Gasteiger partial charge in [0.05, 0.1) is 34.1 Å². The van der Waals surface area contributed by atoms with E-state index in [1.807, 2.05) is 50.2 Å². The molecule has 0 atom stereocenters. The summed E-state index contributed by atoms with van der Waals surface area (Å²) < 4.78 is 9.29. The van der Waals surface area contributed by atoms with Gasteiger partial charge in [-0.3, -0.25) is 0 Å². The number of benzene rings is 3. The van der Waals surface area contributed by atoms with Crippen LogP contribution in [0.1, 0.15) is 11.4 Å². The molecule has 0 saturated carbocycles. The first-order valence-electron chi connectivity index (χ1n) is 8.78. The second-order valence-electron chi connectivity index (χ2n) is 6.54. The van der Waals surface area contributed by atoms with Crippen molar-refractivity contribution in [2.75, 3.05) is 0 Å². The largest absolute Gasteiger partial charge is 0.249 e. The van der Waals surface area contributed by atoms with E-state index in [1.54, 1.807) is 0 Å². The van der Waals surface area contributed by atoms with Crippen LogP contribution in [0, 0.1) is 13.8 Å². The zero-order valence-electron chi connectivity index (χ0n) is 15.0. The van der Waals surface area contributed by atoms with Crippen molar-refractivity contribution in [2.45, 2.75) is 13.8 Å². The highest BCUT2D eigenvalue weighted by Crippen LogP contribution is 2.41. The van der Waals surface area contributed by atoms with Crippen LogP contribution in [0.25, 0.3) is 44.3 Å². The second kappa shape index (κ2) is 6.21. The molecule has 0 aliphatic carbocycles. The molecule has 0 amide bonds. The summed E-state index contributed by atoms with van der Waals surface area (Å²) >= 11 is 1.23. The van der Waals surface area contributed by atoms with Crippen molar-refractivity contribution < 1.29 is 0 Å². The minimum absolute atomic E-state index is 0.878. The first-order valence-corrected chi connectivity index (χ1v) is 9.51. The predicted molar refractivity (Wildman–Crippen MR) is 111 cm³/mol. The molecule has 0 saturated heterocycles. The number of nitrogens with zero attached hydrogens (tertiary/aromatic N) is 4. The Bertz CT molecular complexity index is 1180. The van der Waals surface area contributed by atoms with Crippen LogP contribution in [0.5, 0.6) is 0 Å². The Morgan fingerprint density at radius 3 is 1.37 bits per heavy atom. The van der Waals surface area contributed by atoms with Gasteiger partial charge in [-0.15, -0.1) is 0 Å². The van der Waals surface area contributed by atoms with Crippen LogP contribution in [-0.2, 0) is 0 Å². The van der Waals surface area contributed by atoms with E-state index in [9.17, 15) is 0 Å². The Kier molecular flexibility index (Phi) is 3.69. The van der Waals surface area contributed by atoms with Crippen LogP contribution in [0.2, 0.25) is 0 Å². The average molecular weight is 368 g/mol. The summed E-state index contributed by atoms with van der Waals surface area (Å²) in [5.74, 6) is 0. The first kappa shape index (κ1) is 16.0. The van der Waals surface area contributed by atoms with Gasteiger partial charge in [0.2, 0.25) is 0 Å². The monoisotopic (exact) mass is 368 g/mol. The third kappa shape index (κ3) is 2.51. The van der Waals surface area contributed by atoms with Crippen LogP contribution in [-0.4, -0.2) is 18.7 Å². The van der Waals surface area contributed by atoms with Gasteiger partial charge >= 0.3 is 0 Å². The maximum Gasteiger partial charge on any atom is 0.115 e. The van der Waals surface area contributed by atoms with Gasteiger partial charge in [0.25, 0.3) is 0 Å². The average Bonchev–Trinajstić information content (AvgIpc) is 3.17. The van der Waals surface area contributed by atoms with Gasteiger partial charge in [-0.2, -0.15) is 8.75 Å². The molecule has 0 radical (unpaired) electrons. The van der Waals surface area contributed by atoms with E-state index in [-0.39, 0.29) is 0 Å². The molecule has 0 aliphatic rings. The van der Waals surface area contributed by atoms with Crippen LogP contribution in [0.3, 0.4) is 0 Å². The van der Waals surface area contributed by atoms with E-state index in [0.717, 1.165) is 55.7 Å². The van der Waals surface area contributed by atoms with Gasteiger partial charge < -0.3 is 0 Å². The van der Waals surface area contributed by atoms with Gasteiger partial charge in [0.1, 0.15) is 11.0 Å². The lowest BCUT2D eigenvalue weighted by Crippen LogP contribution is -1.99. The fraction of sp³-hybridized carbons (Fsp3) is 0.0909. The molecule has 27 heavy (non-hydrogen) atoms. The number of hydrogen-bond acceptors (Lipinski definition) is 5. The molecular formula is C22H16N4S. The highest BCUT2D eigenvalue weighted by Gasteiger charge is 2.22. The van der Waals surface area contributed by atoms with Crippen LogP contribution >= 0.6 is 11.7 Å². The number of rotatable bonds is 2. The lowest BCUT2D eigenvalue weighted by Gasteiger charge is -2.13. The zero-order chi connectivity index (χ0) is 18.4. The molecule has 0 aliphatic heterocycles. The van der Waals surface area contributed by atoms with Crippen molar-refractivity contribution in [3.05, 3.63) is 72.1 Å². The molecule has 0 N–H and O–H groups in total. The lowest BCUT2D eigenvalue weighted by atomic mass is 9.95. The Labute approximate surface area is 160 Å². The fourth-order valence-corrected chi connectivity index (χ4v) is 4.01. The number of fused-ring (bicyclic) bond motifs is 2. The van der Waals surface area contributed by atoms with E-state index in [4.69, 9.17) is 9.97 Å². The molecule has 0 spiro atoms. The molecule has 0 bridgehead atoms. The van der Waals surface area contributed by atoms with Crippen molar-refractivity contribution in [2.24, 2.45) is 0 Å². The molecule has 2 heterocycles. The summed E-state index contributed by atoms with van der Waals surface area (Å²) in [6, 6.07) is 20.5. The van der Waals surface area contributed by atoms with E-state index < -0.39 is 0 Å². The number of aromatic nitrogens is 4. The molecule has 3 aromatic carbocycles. The molecule has 5 aromatic rings. The van der Waals surface area contributed by atoms with Crippen molar-refractivity contribution in [1.29, 1.82) is 0 Å². The predicted octanol–water partition coefficient (Wildman–Crippen LogP) is 5.59. The highest BCUT2D eigenvalue weighted by atomic mass is 32.1. The highest BCUT2D eigenvalue weighted by molar-refractivity contribution is 7.00. The van der Waals surface area contributed by atoms with Gasteiger partial charge in [-0.1, -0.05) is 60.7 Å². The summed E-state index contributed by atoms with van der Waals surface area (Å²) in [6.07, 6.45) is 0. The normalized spacial score (nSPS) is 11.3. The molecule has 0 fully saturated rings. The van der Waals surface area contributed by atoms with Crippen LogP contribution in [0.15, 0.2) is 60.7 Å². The van der Waals surface area contributed by atoms with Crippen molar-refractivity contribution >= 4 is 33.8 Å². The summed E-state index contributed by atoms with van der Waals surface area (Å²) in [4.78, 5) is 9.88. The van der Waals surface area contributed by atoms with Crippen molar-refractivity contribution in [3.8, 4) is 22.3 Å². The molecular weight excluding hydrogens is 352 g/mol. The van der Waals surface area contributed by atoms with E-state index in [0.29, 0.717) is 0 Å². The molecule has 0 unspecified atom stereocenters. The molecule has 2 aromatic heterocycles. The molecule has 5 heteroatoms. The zero-order valence-corrected chi connectivity index (χ0v) is 15.8. The molecule has 4 nitrogen and oxygen atoms in total.